The number of nitrogens with one attached hydrogen (secondary N) is 1. The Balaban J connectivity index is 0.000000360. The molecule has 0 aliphatic carbocycles. The quantitative estimate of drug-likeness (QED) is 0.630. The molecule has 0 spiro atoms. The van der Waals surface area contributed by atoms with Crippen LogP contribution in [0.15, 0.2) is 53.7 Å². The number of alkyl halides is 3. The van der Waals surface area contributed by atoms with Crippen LogP contribution >= 0.6 is 0 Å². The van der Waals surface area contributed by atoms with E-state index in [1.165, 1.54) is 4.40 Å². The maximum atomic E-state index is 12.8. The number of anilines is 1. The number of aromatic nitrogens is 3. The Morgan fingerprint density at radius 3 is 2.53 bits per heavy atom. The van der Waals surface area contributed by atoms with Crippen molar-refractivity contribution in [3.63, 3.8) is 0 Å². The standard InChI is InChI=1S/C18H19N5O2.C2HF3O2/c1-21(15-6-10-22(12-15)13-4-7-19-8-5-13)17(24)16-11-14-3-2-9-23(14)18(25)20-16;3-2(4,5)1(6)7/h2-5,7-9,11,15H,6,10,12H2,1H3,(H,20,25);(H,6,7). The summed E-state index contributed by atoms with van der Waals surface area (Å²) in [4.78, 5) is 44.5. The number of amides is 1. The fourth-order valence-corrected chi connectivity index (χ4v) is 3.37. The molecule has 0 radical (unpaired) electrons. The van der Waals surface area contributed by atoms with Crippen LogP contribution in [-0.2, 0) is 4.79 Å². The van der Waals surface area contributed by atoms with Gasteiger partial charge in [-0.15, -0.1) is 0 Å². The van der Waals surface area contributed by atoms with E-state index in [4.69, 9.17) is 9.90 Å². The van der Waals surface area contributed by atoms with Gasteiger partial charge in [0.1, 0.15) is 5.69 Å². The Hall–Kier alpha value is -3.83. The molecule has 3 aromatic rings. The van der Waals surface area contributed by atoms with Gasteiger partial charge in [-0.25, -0.2) is 9.59 Å². The Morgan fingerprint density at radius 2 is 1.91 bits per heavy atom. The number of pyridine rings is 1. The van der Waals surface area contributed by atoms with E-state index in [0.717, 1.165) is 25.2 Å². The van der Waals surface area contributed by atoms with Crippen molar-refractivity contribution in [2.24, 2.45) is 0 Å². The minimum absolute atomic E-state index is 0.104. The SMILES string of the molecule is CN(C(=O)c1cc2cccn2c(=O)[nH]1)C1CCN(c2ccncc2)C1.O=C(O)C(F)(F)F. The third-order valence-electron chi connectivity index (χ3n) is 5.07. The van der Waals surface area contributed by atoms with Crippen LogP contribution in [-0.4, -0.2) is 68.6 Å². The molecule has 170 valence electrons. The van der Waals surface area contributed by atoms with Gasteiger partial charge in [0.2, 0.25) is 0 Å². The molecule has 1 saturated heterocycles. The molecule has 9 nitrogen and oxygen atoms in total. The number of rotatable bonds is 3. The summed E-state index contributed by atoms with van der Waals surface area (Å²) in [5.74, 6) is -2.92. The highest BCUT2D eigenvalue weighted by atomic mass is 19.4. The van der Waals surface area contributed by atoms with Crippen molar-refractivity contribution < 1.29 is 27.9 Å². The number of carbonyl (C=O) groups excluding carboxylic acids is 1. The first-order valence-electron chi connectivity index (χ1n) is 9.50. The summed E-state index contributed by atoms with van der Waals surface area (Å²) in [6.45, 7) is 1.66. The smallest absolute Gasteiger partial charge is 0.475 e. The zero-order valence-electron chi connectivity index (χ0n) is 16.9. The van der Waals surface area contributed by atoms with Crippen LogP contribution in [0, 0.1) is 0 Å². The van der Waals surface area contributed by atoms with Crippen LogP contribution in [0.3, 0.4) is 0 Å². The molecule has 3 aromatic heterocycles. The van der Waals surface area contributed by atoms with Gasteiger partial charge >= 0.3 is 17.8 Å². The van der Waals surface area contributed by atoms with Crippen LogP contribution in [0.25, 0.3) is 5.52 Å². The maximum absolute atomic E-state index is 12.8. The number of carboxylic acid groups (broad SMARTS) is 1. The lowest BCUT2D eigenvalue weighted by Gasteiger charge is -2.25. The Morgan fingerprint density at radius 1 is 1.25 bits per heavy atom. The number of hydrogen-bond acceptors (Lipinski definition) is 5. The molecule has 1 amide bonds. The molecule has 1 aliphatic rings. The Labute approximate surface area is 179 Å². The van der Waals surface area contributed by atoms with Crippen molar-refractivity contribution in [3.05, 3.63) is 65.1 Å². The van der Waals surface area contributed by atoms with Crippen molar-refractivity contribution in [1.82, 2.24) is 19.3 Å². The number of halogens is 3. The van der Waals surface area contributed by atoms with E-state index < -0.39 is 12.1 Å². The van der Waals surface area contributed by atoms with E-state index in [9.17, 15) is 22.8 Å². The topological polar surface area (TPSA) is 111 Å². The number of nitrogens with zero attached hydrogens (tertiary/aromatic N) is 4. The number of likely N-dealkylation sites (N-methyl/N-ethyl adjacent to an activating group) is 1. The lowest BCUT2D eigenvalue weighted by atomic mass is 10.2. The highest BCUT2D eigenvalue weighted by Gasteiger charge is 2.38. The minimum atomic E-state index is -5.08. The van der Waals surface area contributed by atoms with Crippen LogP contribution in [0.4, 0.5) is 18.9 Å². The van der Waals surface area contributed by atoms with Crippen molar-refractivity contribution in [2.75, 3.05) is 25.0 Å². The zero-order valence-corrected chi connectivity index (χ0v) is 16.9. The highest BCUT2D eigenvalue weighted by Crippen LogP contribution is 2.22. The van der Waals surface area contributed by atoms with Gasteiger partial charge in [0.15, 0.2) is 0 Å². The number of hydrogen-bond donors (Lipinski definition) is 2. The number of carboxylic acids is 1. The summed E-state index contributed by atoms with van der Waals surface area (Å²) in [5.41, 5.74) is 1.84. The molecule has 2 N–H and O–H groups in total. The largest absolute Gasteiger partial charge is 0.490 e. The molecule has 1 fully saturated rings. The average Bonchev–Trinajstić information content (AvgIpc) is 3.43. The monoisotopic (exact) mass is 451 g/mol. The van der Waals surface area contributed by atoms with Gasteiger partial charge in [-0.2, -0.15) is 13.2 Å². The summed E-state index contributed by atoms with van der Waals surface area (Å²) >= 11 is 0. The maximum Gasteiger partial charge on any atom is 0.490 e. The normalized spacial score (nSPS) is 15.9. The predicted molar refractivity (Wildman–Crippen MR) is 109 cm³/mol. The van der Waals surface area contributed by atoms with Gasteiger partial charge < -0.3 is 19.9 Å². The first kappa shape index (κ1) is 22.8. The van der Waals surface area contributed by atoms with E-state index >= 15 is 0 Å². The number of aromatic amines is 1. The fraction of sp³-hybridized carbons (Fsp3) is 0.300. The highest BCUT2D eigenvalue weighted by molar-refractivity contribution is 5.93. The molecule has 0 saturated carbocycles. The van der Waals surface area contributed by atoms with E-state index in [-0.39, 0.29) is 17.6 Å². The van der Waals surface area contributed by atoms with Crippen LogP contribution < -0.4 is 10.6 Å². The van der Waals surface area contributed by atoms with Gasteiger partial charge in [-0.3, -0.25) is 14.2 Å². The molecule has 4 rings (SSSR count). The summed E-state index contributed by atoms with van der Waals surface area (Å²) < 4.78 is 33.2. The van der Waals surface area contributed by atoms with Crippen molar-refractivity contribution in [2.45, 2.75) is 18.6 Å². The van der Waals surface area contributed by atoms with Crippen molar-refractivity contribution in [3.8, 4) is 0 Å². The summed E-state index contributed by atoms with van der Waals surface area (Å²) in [6, 6.07) is 9.37. The molecule has 0 aromatic carbocycles. The van der Waals surface area contributed by atoms with Gasteiger partial charge in [0.05, 0.1) is 11.6 Å². The zero-order chi connectivity index (χ0) is 23.5. The molecule has 1 atom stereocenters. The summed E-state index contributed by atoms with van der Waals surface area (Å²) in [5, 5.41) is 7.12. The molecular formula is C20H20F3N5O4. The molecule has 32 heavy (non-hydrogen) atoms. The summed E-state index contributed by atoms with van der Waals surface area (Å²) in [6.07, 6.45) is 1.03. The molecule has 0 bridgehead atoms. The van der Waals surface area contributed by atoms with Crippen LogP contribution in [0.2, 0.25) is 0 Å². The molecule has 4 heterocycles. The third-order valence-corrected chi connectivity index (χ3v) is 5.07. The molecule has 1 unspecified atom stereocenters. The second-order valence-electron chi connectivity index (χ2n) is 7.10. The first-order chi connectivity index (χ1) is 15.1. The van der Waals surface area contributed by atoms with Crippen molar-refractivity contribution >= 4 is 23.1 Å². The van der Waals surface area contributed by atoms with Crippen LogP contribution in [0.1, 0.15) is 16.9 Å². The number of fused-ring (bicyclic) bond motifs is 1. The van der Waals surface area contributed by atoms with Gasteiger partial charge in [-0.05, 0) is 36.8 Å². The van der Waals surface area contributed by atoms with E-state index in [1.807, 2.05) is 18.2 Å². The van der Waals surface area contributed by atoms with Gasteiger partial charge in [0.25, 0.3) is 5.91 Å². The predicted octanol–water partition coefficient (Wildman–Crippen LogP) is 2.01. The summed E-state index contributed by atoms with van der Waals surface area (Å²) in [7, 11) is 1.80. The minimum Gasteiger partial charge on any atom is -0.475 e. The third kappa shape index (κ3) is 5.07. The van der Waals surface area contributed by atoms with Gasteiger partial charge in [-0.1, -0.05) is 0 Å². The number of carbonyl (C=O) groups is 2. The first-order valence-corrected chi connectivity index (χ1v) is 9.50. The Kier molecular flexibility index (Phi) is 6.51. The van der Waals surface area contributed by atoms with Crippen molar-refractivity contribution in [1.29, 1.82) is 0 Å². The lowest BCUT2D eigenvalue weighted by molar-refractivity contribution is -0.192. The molecule has 1 aliphatic heterocycles. The van der Waals surface area contributed by atoms with Gasteiger partial charge in [0, 0.05) is 44.4 Å². The second kappa shape index (κ2) is 9.12. The fourth-order valence-electron chi connectivity index (χ4n) is 3.37. The molecular weight excluding hydrogens is 431 g/mol. The van der Waals surface area contributed by atoms with E-state index in [0.29, 0.717) is 11.2 Å². The second-order valence-corrected chi connectivity index (χ2v) is 7.10. The number of H-pyrrole nitrogens is 1. The molecule has 12 heteroatoms. The van der Waals surface area contributed by atoms with E-state index in [1.54, 1.807) is 42.7 Å². The lowest BCUT2D eigenvalue weighted by Crippen LogP contribution is -2.40. The number of aliphatic carboxylic acids is 1. The Bertz CT molecular complexity index is 1160. The van der Waals surface area contributed by atoms with E-state index in [2.05, 4.69) is 14.9 Å². The average molecular weight is 451 g/mol. The van der Waals surface area contributed by atoms with Crippen LogP contribution in [0.5, 0.6) is 0 Å².